The Hall–Kier alpha value is -1.70. The van der Waals surface area contributed by atoms with E-state index in [0.717, 1.165) is 28.5 Å². The number of anilines is 1. The van der Waals surface area contributed by atoms with Gasteiger partial charge in [0.05, 0.1) is 5.56 Å². The number of amides is 1. The second-order valence-electron chi connectivity index (χ2n) is 5.86. The normalized spacial score (nSPS) is 13.4. The van der Waals surface area contributed by atoms with Crippen LogP contribution in [0, 0.1) is 0 Å². The maximum atomic E-state index is 12.6. The van der Waals surface area contributed by atoms with Crippen LogP contribution in [0.5, 0.6) is 0 Å². The number of carbonyl (C=O) groups is 1. The zero-order valence-electron chi connectivity index (χ0n) is 13.5. The van der Waals surface area contributed by atoms with E-state index in [2.05, 4.69) is 27.6 Å². The van der Waals surface area contributed by atoms with Gasteiger partial charge in [0.1, 0.15) is 0 Å². The summed E-state index contributed by atoms with van der Waals surface area (Å²) in [7, 11) is 0. The largest absolute Gasteiger partial charge is 0.296 e. The summed E-state index contributed by atoms with van der Waals surface area (Å²) in [6.45, 7) is 0. The van der Waals surface area contributed by atoms with E-state index in [0.29, 0.717) is 5.13 Å². The number of hydrogen-bond acceptors (Lipinski definition) is 6. The van der Waals surface area contributed by atoms with Crippen molar-refractivity contribution in [3.8, 4) is 0 Å². The van der Waals surface area contributed by atoms with Gasteiger partial charge in [0.25, 0.3) is 5.91 Å². The highest BCUT2D eigenvalue weighted by Crippen LogP contribution is 2.32. The number of carbonyl (C=O) groups excluding carboxylic acids is 1. The van der Waals surface area contributed by atoms with Gasteiger partial charge >= 0.3 is 0 Å². The van der Waals surface area contributed by atoms with Crippen molar-refractivity contribution in [3.05, 3.63) is 57.3 Å². The molecule has 0 unspecified atom stereocenters. The lowest BCUT2D eigenvalue weighted by Crippen LogP contribution is -2.14. The first-order chi connectivity index (χ1) is 12.3. The van der Waals surface area contributed by atoms with Crippen LogP contribution >= 0.6 is 34.4 Å². The number of aromatic nitrogens is 2. The van der Waals surface area contributed by atoms with Crippen LogP contribution in [-0.2, 0) is 18.6 Å². The summed E-state index contributed by atoms with van der Waals surface area (Å²) in [6, 6.07) is 10.3. The quantitative estimate of drug-likeness (QED) is 0.493. The Kier molecular flexibility index (Phi) is 5.14. The first-order valence-electron chi connectivity index (χ1n) is 8.20. The molecule has 2 aromatic heterocycles. The Bertz CT molecular complexity index is 873. The minimum absolute atomic E-state index is 0.0600. The maximum Gasteiger partial charge on any atom is 0.258 e. The first-order valence-corrected chi connectivity index (χ1v) is 10.9. The summed E-state index contributed by atoms with van der Waals surface area (Å²) >= 11 is 4.77. The van der Waals surface area contributed by atoms with Gasteiger partial charge in [-0.1, -0.05) is 53.4 Å². The van der Waals surface area contributed by atoms with Gasteiger partial charge in [-0.25, -0.2) is 0 Å². The topological polar surface area (TPSA) is 54.9 Å². The number of fused-ring (bicyclic) bond motifs is 1. The van der Waals surface area contributed by atoms with Gasteiger partial charge in [0.2, 0.25) is 5.13 Å². The molecule has 3 aromatic rings. The average Bonchev–Trinajstić information content (AvgIpc) is 3.27. The van der Waals surface area contributed by atoms with Crippen LogP contribution in [-0.4, -0.2) is 16.1 Å². The number of thiophene rings is 1. The highest BCUT2D eigenvalue weighted by atomic mass is 32.2. The highest BCUT2D eigenvalue weighted by molar-refractivity contribution is 8.00. The summed E-state index contributed by atoms with van der Waals surface area (Å²) < 4.78 is 0.867. The number of thioether (sulfide) groups is 1. The number of nitrogens with zero attached hydrogens (tertiary/aromatic N) is 2. The lowest BCUT2D eigenvalue weighted by molar-refractivity contribution is 0.102. The molecular formula is C18H17N3OS3. The van der Waals surface area contributed by atoms with Crippen LogP contribution in [0.3, 0.4) is 0 Å². The third kappa shape index (κ3) is 3.94. The Balaban J connectivity index is 1.39. The minimum atomic E-state index is -0.0600. The molecule has 1 aromatic carbocycles. The smallest absolute Gasteiger partial charge is 0.258 e. The summed E-state index contributed by atoms with van der Waals surface area (Å²) in [5, 5.41) is 13.7. The third-order valence-corrected chi connectivity index (χ3v) is 7.27. The number of benzene rings is 1. The van der Waals surface area contributed by atoms with Crippen LogP contribution in [0.2, 0.25) is 0 Å². The van der Waals surface area contributed by atoms with Gasteiger partial charge in [0.15, 0.2) is 4.34 Å². The van der Waals surface area contributed by atoms with E-state index >= 15 is 0 Å². The second-order valence-corrected chi connectivity index (χ2v) is 9.02. The Labute approximate surface area is 158 Å². The number of rotatable bonds is 5. The van der Waals surface area contributed by atoms with Crippen molar-refractivity contribution in [1.29, 1.82) is 0 Å². The van der Waals surface area contributed by atoms with Crippen molar-refractivity contribution in [3.63, 3.8) is 0 Å². The van der Waals surface area contributed by atoms with Gasteiger partial charge in [-0.05, 0) is 36.8 Å². The van der Waals surface area contributed by atoms with E-state index in [9.17, 15) is 4.79 Å². The van der Waals surface area contributed by atoms with Crippen molar-refractivity contribution in [2.45, 2.75) is 35.8 Å². The standard InChI is InChI=1S/C18H17N3OS3/c22-16(14-11-23-15-9-5-4-8-13(14)15)19-17-20-21-18(25-17)24-10-12-6-2-1-3-7-12/h1-3,6-7,11H,4-5,8-10H2,(H,19,20,22). The van der Waals surface area contributed by atoms with Crippen LogP contribution < -0.4 is 5.32 Å². The molecule has 7 heteroatoms. The van der Waals surface area contributed by atoms with Crippen molar-refractivity contribution >= 4 is 45.5 Å². The van der Waals surface area contributed by atoms with Crippen LogP contribution in [0.25, 0.3) is 0 Å². The zero-order valence-corrected chi connectivity index (χ0v) is 16.0. The molecule has 0 saturated carbocycles. The molecule has 0 spiro atoms. The zero-order chi connectivity index (χ0) is 17.1. The van der Waals surface area contributed by atoms with Crippen molar-refractivity contribution in [1.82, 2.24) is 10.2 Å². The maximum absolute atomic E-state index is 12.6. The Morgan fingerprint density at radius 1 is 1.16 bits per heavy atom. The predicted molar refractivity (Wildman–Crippen MR) is 105 cm³/mol. The van der Waals surface area contributed by atoms with Gasteiger partial charge in [0, 0.05) is 16.0 Å². The molecule has 0 saturated heterocycles. The van der Waals surface area contributed by atoms with Gasteiger partial charge in [-0.15, -0.1) is 21.5 Å². The fraction of sp³-hybridized carbons (Fsp3) is 0.278. The molecule has 0 aliphatic heterocycles. The summed E-state index contributed by atoms with van der Waals surface area (Å²) in [4.78, 5) is 13.9. The van der Waals surface area contributed by atoms with Gasteiger partial charge < -0.3 is 0 Å². The van der Waals surface area contributed by atoms with Crippen molar-refractivity contribution in [2.24, 2.45) is 0 Å². The molecule has 1 aliphatic carbocycles. The van der Waals surface area contributed by atoms with E-state index < -0.39 is 0 Å². The van der Waals surface area contributed by atoms with Crippen LogP contribution in [0.4, 0.5) is 5.13 Å². The molecule has 0 bridgehead atoms. The predicted octanol–water partition coefficient (Wildman–Crippen LogP) is 5.02. The van der Waals surface area contributed by atoms with Crippen molar-refractivity contribution in [2.75, 3.05) is 5.32 Å². The third-order valence-electron chi connectivity index (χ3n) is 4.14. The molecule has 2 heterocycles. The highest BCUT2D eigenvalue weighted by Gasteiger charge is 2.21. The fourth-order valence-electron chi connectivity index (χ4n) is 2.89. The molecule has 25 heavy (non-hydrogen) atoms. The van der Waals surface area contributed by atoms with Crippen LogP contribution in [0.15, 0.2) is 40.1 Å². The summed E-state index contributed by atoms with van der Waals surface area (Å²) in [6.07, 6.45) is 4.51. The second kappa shape index (κ2) is 7.68. The lowest BCUT2D eigenvalue weighted by atomic mass is 9.96. The van der Waals surface area contributed by atoms with E-state index in [4.69, 9.17) is 0 Å². The van der Waals surface area contributed by atoms with Gasteiger partial charge in [-0.3, -0.25) is 10.1 Å². The molecule has 0 radical (unpaired) electrons. The van der Waals surface area contributed by atoms with Crippen LogP contribution in [0.1, 0.15) is 39.2 Å². The first kappa shape index (κ1) is 16.8. The van der Waals surface area contributed by atoms with E-state index in [1.807, 2.05) is 23.6 Å². The lowest BCUT2D eigenvalue weighted by Gasteiger charge is -2.12. The Morgan fingerprint density at radius 3 is 2.88 bits per heavy atom. The molecule has 4 rings (SSSR count). The molecule has 1 N–H and O–H groups in total. The minimum Gasteiger partial charge on any atom is -0.296 e. The summed E-state index contributed by atoms with van der Waals surface area (Å²) in [5.41, 5.74) is 3.29. The Morgan fingerprint density at radius 2 is 2.00 bits per heavy atom. The fourth-order valence-corrected chi connectivity index (χ4v) is 5.72. The van der Waals surface area contributed by atoms with E-state index in [-0.39, 0.29) is 5.91 Å². The molecule has 1 amide bonds. The number of aryl methyl sites for hydroxylation is 1. The molecule has 0 fully saturated rings. The van der Waals surface area contributed by atoms with E-state index in [1.165, 1.54) is 40.2 Å². The van der Waals surface area contributed by atoms with Crippen molar-refractivity contribution < 1.29 is 4.79 Å². The SMILES string of the molecule is O=C(Nc1nnc(SCc2ccccc2)s1)c1csc2c1CCCC2. The van der Waals surface area contributed by atoms with E-state index in [1.54, 1.807) is 23.1 Å². The molecule has 128 valence electrons. The van der Waals surface area contributed by atoms with Gasteiger partial charge in [-0.2, -0.15) is 0 Å². The average molecular weight is 388 g/mol. The summed E-state index contributed by atoms with van der Waals surface area (Å²) in [5.74, 6) is 0.789. The molecule has 4 nitrogen and oxygen atoms in total. The molecule has 0 atom stereocenters. The molecule has 1 aliphatic rings. The monoisotopic (exact) mass is 387 g/mol. The number of hydrogen-bond donors (Lipinski definition) is 1. The number of nitrogens with one attached hydrogen (secondary N) is 1. The molecular weight excluding hydrogens is 370 g/mol.